The second kappa shape index (κ2) is 7.57. The molecular formula is C20H13BrF6N2O. The highest BCUT2D eigenvalue weighted by Gasteiger charge is 2.37. The van der Waals surface area contributed by atoms with Crippen molar-refractivity contribution in [3.8, 4) is 22.4 Å². The van der Waals surface area contributed by atoms with E-state index in [0.717, 1.165) is 0 Å². The lowest BCUT2D eigenvalue weighted by Gasteiger charge is -2.14. The zero-order valence-corrected chi connectivity index (χ0v) is 17.1. The molecule has 0 saturated carbocycles. The van der Waals surface area contributed by atoms with Gasteiger partial charge in [0.15, 0.2) is 0 Å². The summed E-state index contributed by atoms with van der Waals surface area (Å²) in [6, 6.07) is 3.98. The minimum absolute atomic E-state index is 0.0601. The molecular weight excluding hydrogens is 478 g/mol. The number of nitrogens with zero attached hydrogens (tertiary/aromatic N) is 1. The average Bonchev–Trinajstić information content (AvgIpc) is 2.65. The van der Waals surface area contributed by atoms with Gasteiger partial charge in [-0.15, -0.1) is 0 Å². The Balaban J connectivity index is 2.12. The Hall–Kier alpha value is -2.62. The lowest BCUT2D eigenvalue weighted by atomic mass is 10.0. The molecule has 30 heavy (non-hydrogen) atoms. The molecule has 0 bridgehead atoms. The first-order valence-electron chi connectivity index (χ1n) is 8.44. The molecule has 1 aromatic carbocycles. The predicted octanol–water partition coefficient (Wildman–Crippen LogP) is 6.52. The molecule has 0 aliphatic heterocycles. The van der Waals surface area contributed by atoms with Gasteiger partial charge in [-0.2, -0.15) is 26.3 Å². The molecule has 3 rings (SSSR count). The van der Waals surface area contributed by atoms with Crippen molar-refractivity contribution < 1.29 is 26.3 Å². The Bertz CT molecular complexity index is 1130. The van der Waals surface area contributed by atoms with Crippen LogP contribution in [0.3, 0.4) is 0 Å². The molecule has 0 atom stereocenters. The number of hydrogen-bond donors (Lipinski definition) is 1. The predicted molar refractivity (Wildman–Crippen MR) is 103 cm³/mol. The van der Waals surface area contributed by atoms with Crippen LogP contribution in [-0.4, -0.2) is 9.97 Å². The van der Waals surface area contributed by atoms with Crippen LogP contribution in [0.1, 0.15) is 22.5 Å². The van der Waals surface area contributed by atoms with E-state index < -0.39 is 23.5 Å². The van der Waals surface area contributed by atoms with Gasteiger partial charge in [0.25, 0.3) is 0 Å². The van der Waals surface area contributed by atoms with Gasteiger partial charge < -0.3 is 4.98 Å². The zero-order chi connectivity index (χ0) is 22.4. The van der Waals surface area contributed by atoms with Crippen LogP contribution >= 0.6 is 15.9 Å². The first-order chi connectivity index (χ1) is 13.8. The first-order valence-corrected chi connectivity index (χ1v) is 9.23. The third-order valence-corrected chi connectivity index (χ3v) is 5.40. The molecule has 0 aliphatic rings. The van der Waals surface area contributed by atoms with Crippen LogP contribution in [0, 0.1) is 13.8 Å². The Labute approximate surface area is 174 Å². The number of halogens is 7. The Morgan fingerprint density at radius 1 is 0.867 bits per heavy atom. The van der Waals surface area contributed by atoms with Gasteiger partial charge in [0.1, 0.15) is 0 Å². The summed E-state index contributed by atoms with van der Waals surface area (Å²) in [5.74, 6) is 0. The maximum atomic E-state index is 13.1. The molecule has 3 aromatic rings. The van der Waals surface area contributed by atoms with Crippen molar-refractivity contribution in [2.24, 2.45) is 0 Å². The van der Waals surface area contributed by atoms with Gasteiger partial charge in [-0.05, 0) is 54.0 Å². The lowest BCUT2D eigenvalue weighted by Crippen LogP contribution is -2.12. The van der Waals surface area contributed by atoms with E-state index in [-0.39, 0.29) is 22.8 Å². The summed E-state index contributed by atoms with van der Waals surface area (Å²) in [6.07, 6.45) is -8.66. The van der Waals surface area contributed by atoms with Crippen LogP contribution in [0.4, 0.5) is 26.3 Å². The van der Waals surface area contributed by atoms with Crippen LogP contribution in [-0.2, 0) is 12.4 Å². The number of alkyl halides is 6. The van der Waals surface area contributed by atoms with Crippen molar-refractivity contribution in [1.29, 1.82) is 0 Å². The van der Waals surface area contributed by atoms with E-state index in [2.05, 4.69) is 25.9 Å². The minimum Gasteiger partial charge on any atom is -0.361 e. The molecule has 0 unspecified atom stereocenters. The quantitative estimate of drug-likeness (QED) is 0.415. The van der Waals surface area contributed by atoms with E-state index in [1.54, 1.807) is 13.8 Å². The van der Waals surface area contributed by atoms with Crippen molar-refractivity contribution in [3.05, 3.63) is 73.7 Å². The second-order valence-corrected chi connectivity index (χ2v) is 7.41. The van der Waals surface area contributed by atoms with Crippen molar-refractivity contribution >= 4 is 15.9 Å². The highest BCUT2D eigenvalue weighted by atomic mass is 79.9. The molecule has 0 spiro atoms. The van der Waals surface area contributed by atoms with Crippen molar-refractivity contribution in [2.75, 3.05) is 0 Å². The fraction of sp³-hybridized carbons (Fsp3) is 0.200. The van der Waals surface area contributed by atoms with Crippen LogP contribution < -0.4 is 5.43 Å². The van der Waals surface area contributed by atoms with E-state index in [9.17, 15) is 31.1 Å². The molecule has 0 radical (unpaired) electrons. The van der Waals surface area contributed by atoms with E-state index >= 15 is 0 Å². The number of benzene rings is 1. The summed E-state index contributed by atoms with van der Waals surface area (Å²) in [7, 11) is 0. The Morgan fingerprint density at radius 3 is 1.90 bits per heavy atom. The maximum absolute atomic E-state index is 13.1. The van der Waals surface area contributed by atoms with Gasteiger partial charge >= 0.3 is 12.4 Å². The number of nitrogens with one attached hydrogen (secondary N) is 1. The summed E-state index contributed by atoms with van der Waals surface area (Å²) in [6.45, 7) is 3.38. The monoisotopic (exact) mass is 490 g/mol. The van der Waals surface area contributed by atoms with E-state index in [0.29, 0.717) is 39.1 Å². The number of aromatic amines is 1. The van der Waals surface area contributed by atoms with E-state index in [4.69, 9.17) is 0 Å². The van der Waals surface area contributed by atoms with Gasteiger partial charge in [0.05, 0.1) is 26.9 Å². The second-order valence-electron chi connectivity index (χ2n) is 6.62. The Morgan fingerprint density at radius 2 is 1.43 bits per heavy atom. The summed E-state index contributed by atoms with van der Waals surface area (Å²) < 4.78 is 78.7. The fourth-order valence-electron chi connectivity index (χ4n) is 3.01. The van der Waals surface area contributed by atoms with Crippen LogP contribution in [0.15, 0.2) is 45.8 Å². The molecule has 0 saturated heterocycles. The molecule has 2 aromatic heterocycles. The van der Waals surface area contributed by atoms with Gasteiger partial charge in [-0.1, -0.05) is 6.07 Å². The van der Waals surface area contributed by atoms with Crippen LogP contribution in [0.25, 0.3) is 22.4 Å². The molecule has 0 amide bonds. The highest BCUT2D eigenvalue weighted by molar-refractivity contribution is 9.10. The summed E-state index contributed by atoms with van der Waals surface area (Å²) in [5.41, 5.74) is -1.73. The zero-order valence-electron chi connectivity index (χ0n) is 15.5. The molecule has 0 fully saturated rings. The van der Waals surface area contributed by atoms with Gasteiger partial charge in [0.2, 0.25) is 5.43 Å². The highest BCUT2D eigenvalue weighted by Crippen LogP contribution is 2.38. The average molecular weight is 491 g/mol. The normalized spacial score (nSPS) is 12.3. The van der Waals surface area contributed by atoms with Crippen molar-refractivity contribution in [3.63, 3.8) is 0 Å². The summed E-state index contributed by atoms with van der Waals surface area (Å²) in [5, 5.41) is 0. The maximum Gasteiger partial charge on any atom is 0.416 e. The SMILES string of the molecule is Cc1[nH]c(C)c(-c2ccc(-c3cc(C(F)(F)F)cc(C(F)(F)F)c3)nc2)c(=O)c1Br. The number of hydrogen-bond acceptors (Lipinski definition) is 2. The molecule has 10 heteroatoms. The third kappa shape index (κ3) is 4.28. The smallest absolute Gasteiger partial charge is 0.361 e. The summed E-state index contributed by atoms with van der Waals surface area (Å²) >= 11 is 3.19. The largest absolute Gasteiger partial charge is 0.416 e. The number of aromatic nitrogens is 2. The van der Waals surface area contributed by atoms with Crippen molar-refractivity contribution in [1.82, 2.24) is 9.97 Å². The third-order valence-electron chi connectivity index (χ3n) is 4.44. The van der Waals surface area contributed by atoms with Crippen LogP contribution in [0.2, 0.25) is 0 Å². The topological polar surface area (TPSA) is 45.8 Å². The molecule has 3 nitrogen and oxygen atoms in total. The summed E-state index contributed by atoms with van der Waals surface area (Å²) in [4.78, 5) is 19.6. The fourth-order valence-corrected chi connectivity index (χ4v) is 3.31. The van der Waals surface area contributed by atoms with Crippen molar-refractivity contribution in [2.45, 2.75) is 26.2 Å². The van der Waals surface area contributed by atoms with E-state index in [1.165, 1.54) is 18.3 Å². The molecule has 0 aliphatic carbocycles. The number of aryl methyl sites for hydroxylation is 2. The van der Waals surface area contributed by atoms with Gasteiger partial charge in [-0.3, -0.25) is 9.78 Å². The van der Waals surface area contributed by atoms with Crippen LogP contribution in [0.5, 0.6) is 0 Å². The standard InChI is InChI=1S/C20H13BrF6N2O/c1-9-16(18(30)17(21)10(2)29-9)11-3-4-15(28-8-11)12-5-13(19(22,23)24)7-14(6-12)20(25,26)27/h3-8H,1-2H3,(H,29,30). The Kier molecular flexibility index (Phi) is 5.57. The first kappa shape index (κ1) is 22.1. The number of rotatable bonds is 2. The molecule has 1 N–H and O–H groups in total. The lowest BCUT2D eigenvalue weighted by molar-refractivity contribution is -0.143. The number of H-pyrrole nitrogens is 1. The minimum atomic E-state index is -4.95. The molecule has 158 valence electrons. The van der Waals surface area contributed by atoms with E-state index in [1.807, 2.05) is 0 Å². The van der Waals surface area contributed by atoms with Gasteiger partial charge in [0, 0.05) is 28.7 Å². The van der Waals surface area contributed by atoms with Gasteiger partial charge in [-0.25, -0.2) is 0 Å². The molecule has 2 heterocycles. The number of pyridine rings is 2.